The highest BCUT2D eigenvalue weighted by molar-refractivity contribution is 5.53. The molecule has 0 saturated heterocycles. The highest BCUT2D eigenvalue weighted by atomic mass is 16.3. The third kappa shape index (κ3) is 8.51. The molecule has 7 nitrogen and oxygen atoms in total. The second-order valence-electron chi connectivity index (χ2n) is 13.6. The molecule has 0 radical (unpaired) electrons. The Kier molecular flexibility index (Phi) is 11.3. The Morgan fingerprint density at radius 3 is 1.16 bits per heavy atom. The standard InChI is InChI=1S/C36H54N4O3/c1-24-14-31(18-29(33(24)41)22-39(8)9)36(3,32-15-25(2)34(42)30(19-32)23-40(10)11)13-12-26-16-27(20-37(4)5)35(43)28(17-26)21-38(6)7/h14-19,41-43H,12-13,20-23H2,1-11H3. The van der Waals surface area contributed by atoms with Gasteiger partial charge in [0.15, 0.2) is 0 Å². The normalized spacial score (nSPS) is 12.3. The smallest absolute Gasteiger partial charge is 0.124 e. The number of aromatic hydroxyl groups is 3. The van der Waals surface area contributed by atoms with Gasteiger partial charge in [-0.15, -0.1) is 0 Å². The number of nitrogens with zero attached hydrogens (tertiary/aromatic N) is 4. The number of phenolic OH excluding ortho intramolecular Hbond substituents is 3. The van der Waals surface area contributed by atoms with Crippen molar-refractivity contribution in [3.05, 3.63) is 86.5 Å². The van der Waals surface area contributed by atoms with E-state index < -0.39 is 5.41 Å². The monoisotopic (exact) mass is 590 g/mol. The van der Waals surface area contributed by atoms with E-state index in [0.29, 0.717) is 43.4 Å². The summed E-state index contributed by atoms with van der Waals surface area (Å²) in [4.78, 5) is 8.31. The molecule has 0 saturated carbocycles. The Balaban J connectivity index is 2.21. The second-order valence-corrected chi connectivity index (χ2v) is 13.6. The molecule has 0 spiro atoms. The Labute approximate surface area is 260 Å². The lowest BCUT2D eigenvalue weighted by Gasteiger charge is -2.34. The number of aryl methyl sites for hydroxylation is 3. The van der Waals surface area contributed by atoms with Crippen LogP contribution in [-0.4, -0.2) is 91.3 Å². The SMILES string of the molecule is Cc1cc(C(C)(CCc2cc(CN(C)C)c(O)c(CN(C)C)c2)c2cc(C)c(O)c(CN(C)C)c2)cc(CN(C)C)c1O. The maximum Gasteiger partial charge on any atom is 0.124 e. The Bertz CT molecular complexity index is 1320. The molecular weight excluding hydrogens is 536 g/mol. The van der Waals surface area contributed by atoms with Gasteiger partial charge in [-0.05, 0) is 123 Å². The molecule has 3 rings (SSSR count). The van der Waals surface area contributed by atoms with Crippen LogP contribution >= 0.6 is 0 Å². The first-order chi connectivity index (χ1) is 20.0. The fourth-order valence-electron chi connectivity index (χ4n) is 6.01. The lowest BCUT2D eigenvalue weighted by atomic mass is 9.70. The van der Waals surface area contributed by atoms with Gasteiger partial charge >= 0.3 is 0 Å². The van der Waals surface area contributed by atoms with E-state index in [9.17, 15) is 15.3 Å². The van der Waals surface area contributed by atoms with Crippen molar-refractivity contribution in [2.24, 2.45) is 0 Å². The van der Waals surface area contributed by atoms with E-state index in [2.05, 4.69) is 62.9 Å². The molecule has 0 unspecified atom stereocenters. The molecular formula is C36H54N4O3. The number of phenols is 3. The van der Waals surface area contributed by atoms with E-state index in [1.165, 1.54) is 5.56 Å². The first kappa shape index (κ1) is 34.4. The molecule has 0 aliphatic carbocycles. The summed E-state index contributed by atoms with van der Waals surface area (Å²) in [6.45, 7) is 8.82. The largest absolute Gasteiger partial charge is 0.507 e. The highest BCUT2D eigenvalue weighted by Crippen LogP contribution is 2.42. The van der Waals surface area contributed by atoms with Crippen molar-refractivity contribution in [1.29, 1.82) is 0 Å². The van der Waals surface area contributed by atoms with Crippen LogP contribution in [-0.2, 0) is 38.0 Å². The molecule has 43 heavy (non-hydrogen) atoms. The van der Waals surface area contributed by atoms with Crippen LogP contribution in [0.15, 0.2) is 36.4 Å². The summed E-state index contributed by atoms with van der Waals surface area (Å²) in [5.41, 5.74) is 8.44. The van der Waals surface area contributed by atoms with Crippen LogP contribution < -0.4 is 0 Å². The maximum absolute atomic E-state index is 11.1. The van der Waals surface area contributed by atoms with E-state index in [0.717, 1.165) is 57.3 Å². The molecule has 3 aromatic carbocycles. The lowest BCUT2D eigenvalue weighted by Crippen LogP contribution is -2.26. The van der Waals surface area contributed by atoms with Crippen LogP contribution in [0.5, 0.6) is 17.2 Å². The van der Waals surface area contributed by atoms with E-state index >= 15 is 0 Å². The number of rotatable bonds is 13. The Morgan fingerprint density at radius 2 is 0.837 bits per heavy atom. The van der Waals surface area contributed by atoms with Crippen LogP contribution in [0.1, 0.15) is 63.4 Å². The number of hydrogen-bond donors (Lipinski definition) is 3. The molecule has 0 amide bonds. The van der Waals surface area contributed by atoms with Gasteiger partial charge in [0.05, 0.1) is 0 Å². The maximum atomic E-state index is 11.1. The van der Waals surface area contributed by atoms with Gasteiger partial charge in [0, 0.05) is 53.8 Å². The zero-order valence-electron chi connectivity index (χ0n) is 28.3. The molecule has 236 valence electrons. The Morgan fingerprint density at radius 1 is 0.512 bits per heavy atom. The number of benzene rings is 3. The van der Waals surface area contributed by atoms with Gasteiger partial charge in [0.25, 0.3) is 0 Å². The van der Waals surface area contributed by atoms with Crippen LogP contribution in [0.4, 0.5) is 0 Å². The third-order valence-corrected chi connectivity index (χ3v) is 8.22. The Hall–Kier alpha value is -3.10. The first-order valence-electron chi connectivity index (χ1n) is 15.1. The van der Waals surface area contributed by atoms with Crippen LogP contribution in [0.25, 0.3) is 0 Å². The van der Waals surface area contributed by atoms with E-state index in [4.69, 9.17) is 0 Å². The van der Waals surface area contributed by atoms with Crippen LogP contribution in [0, 0.1) is 13.8 Å². The molecule has 0 aromatic heterocycles. The fraction of sp³-hybridized carbons (Fsp3) is 0.500. The van der Waals surface area contributed by atoms with Gasteiger partial charge in [0.1, 0.15) is 17.2 Å². The number of hydrogen-bond acceptors (Lipinski definition) is 7. The van der Waals surface area contributed by atoms with Crippen molar-refractivity contribution >= 4 is 0 Å². The van der Waals surface area contributed by atoms with E-state index in [-0.39, 0.29) is 0 Å². The van der Waals surface area contributed by atoms with Gasteiger partial charge in [-0.3, -0.25) is 0 Å². The minimum atomic E-state index is -0.416. The zero-order valence-corrected chi connectivity index (χ0v) is 28.3. The second kappa shape index (κ2) is 14.1. The van der Waals surface area contributed by atoms with Gasteiger partial charge in [0.2, 0.25) is 0 Å². The van der Waals surface area contributed by atoms with Gasteiger partial charge < -0.3 is 34.9 Å². The van der Waals surface area contributed by atoms with Crippen molar-refractivity contribution in [3.8, 4) is 17.2 Å². The molecule has 0 atom stereocenters. The lowest BCUT2D eigenvalue weighted by molar-refractivity contribution is 0.367. The summed E-state index contributed by atoms with van der Waals surface area (Å²) in [5.74, 6) is 1.06. The van der Waals surface area contributed by atoms with Gasteiger partial charge in [-0.1, -0.05) is 31.2 Å². The molecule has 3 aromatic rings. The molecule has 0 heterocycles. The summed E-state index contributed by atoms with van der Waals surface area (Å²) < 4.78 is 0. The summed E-state index contributed by atoms with van der Waals surface area (Å²) in [7, 11) is 16.1. The summed E-state index contributed by atoms with van der Waals surface area (Å²) in [6, 6.07) is 12.8. The molecule has 3 N–H and O–H groups in total. The van der Waals surface area contributed by atoms with Gasteiger partial charge in [-0.2, -0.15) is 0 Å². The van der Waals surface area contributed by atoms with Crippen molar-refractivity contribution in [3.63, 3.8) is 0 Å². The minimum absolute atomic E-state index is 0.343. The topological polar surface area (TPSA) is 73.7 Å². The van der Waals surface area contributed by atoms with Gasteiger partial charge in [-0.25, -0.2) is 0 Å². The van der Waals surface area contributed by atoms with E-state index in [1.54, 1.807) is 0 Å². The summed E-state index contributed by atoms with van der Waals surface area (Å²) in [6.07, 6.45) is 1.60. The average Bonchev–Trinajstić information content (AvgIpc) is 2.89. The summed E-state index contributed by atoms with van der Waals surface area (Å²) >= 11 is 0. The molecule has 7 heteroatoms. The highest BCUT2D eigenvalue weighted by Gasteiger charge is 2.32. The van der Waals surface area contributed by atoms with Crippen LogP contribution in [0.2, 0.25) is 0 Å². The van der Waals surface area contributed by atoms with Crippen molar-refractivity contribution in [2.45, 2.75) is 65.2 Å². The van der Waals surface area contributed by atoms with Crippen molar-refractivity contribution < 1.29 is 15.3 Å². The van der Waals surface area contributed by atoms with Crippen molar-refractivity contribution in [2.75, 3.05) is 56.4 Å². The predicted octanol–water partition coefficient (Wildman–Crippen LogP) is 5.61. The average molecular weight is 591 g/mol. The van der Waals surface area contributed by atoms with Crippen LogP contribution in [0.3, 0.4) is 0 Å². The predicted molar refractivity (Wildman–Crippen MR) is 178 cm³/mol. The fourth-order valence-corrected chi connectivity index (χ4v) is 6.01. The molecule has 0 aliphatic rings. The summed E-state index contributed by atoms with van der Waals surface area (Å²) in [5, 5.41) is 33.1. The third-order valence-electron chi connectivity index (χ3n) is 8.22. The quantitative estimate of drug-likeness (QED) is 0.239. The van der Waals surface area contributed by atoms with Crippen molar-refractivity contribution in [1.82, 2.24) is 19.6 Å². The van der Waals surface area contributed by atoms with E-state index in [1.807, 2.05) is 70.2 Å². The zero-order chi connectivity index (χ0) is 32.2. The molecule has 0 bridgehead atoms. The molecule has 0 aliphatic heterocycles. The minimum Gasteiger partial charge on any atom is -0.507 e. The first-order valence-corrected chi connectivity index (χ1v) is 15.1. The molecule has 0 fully saturated rings.